The molecule has 0 saturated heterocycles. The number of thioether (sulfide) groups is 1. The van der Waals surface area contributed by atoms with Gasteiger partial charge in [-0.3, -0.25) is 9.59 Å². The summed E-state index contributed by atoms with van der Waals surface area (Å²) in [5.74, 6) is -0.161. The topological polar surface area (TPSA) is 87.5 Å². The highest BCUT2D eigenvalue weighted by Gasteiger charge is 2.19. The number of azo groups is 1. The molecule has 6 nitrogen and oxygen atoms in total. The second-order valence-electron chi connectivity index (χ2n) is 5.47. The monoisotopic (exact) mass is 372 g/mol. The Morgan fingerprint density at radius 3 is 2.68 bits per heavy atom. The van der Waals surface area contributed by atoms with E-state index in [1.807, 2.05) is 32.0 Å². The molecule has 3 rings (SSSR count). The minimum atomic E-state index is -0.761. The fourth-order valence-corrected chi connectivity index (χ4v) is 4.05. The normalized spacial score (nSPS) is 12.8. The maximum absolute atomic E-state index is 12.3. The van der Waals surface area contributed by atoms with Gasteiger partial charge in [0.25, 0.3) is 5.56 Å². The van der Waals surface area contributed by atoms with Gasteiger partial charge in [-0.25, -0.2) is 4.98 Å². The van der Waals surface area contributed by atoms with Gasteiger partial charge in [0, 0.05) is 4.88 Å². The number of rotatable bonds is 5. The van der Waals surface area contributed by atoms with Gasteiger partial charge in [0.1, 0.15) is 4.83 Å². The average molecular weight is 372 g/mol. The van der Waals surface area contributed by atoms with E-state index in [1.165, 1.54) is 18.3 Å². The van der Waals surface area contributed by atoms with Crippen LogP contribution in [-0.4, -0.2) is 21.1 Å². The maximum atomic E-state index is 12.3. The molecule has 1 aromatic carbocycles. The molecule has 25 heavy (non-hydrogen) atoms. The molecule has 1 unspecified atom stereocenters. The molecule has 1 N–H and O–H groups in total. The van der Waals surface area contributed by atoms with Crippen LogP contribution in [0.15, 0.2) is 50.5 Å². The van der Waals surface area contributed by atoms with Crippen molar-refractivity contribution in [2.45, 2.75) is 31.3 Å². The van der Waals surface area contributed by atoms with Crippen LogP contribution in [0.1, 0.15) is 17.4 Å². The molecular formula is C17H16N4O2S2. The molecule has 0 fully saturated rings. The van der Waals surface area contributed by atoms with E-state index in [2.05, 4.69) is 20.2 Å². The molecule has 0 aliphatic heterocycles. The molecule has 8 heteroatoms. The molecule has 0 aliphatic rings. The number of aromatic amines is 1. The summed E-state index contributed by atoms with van der Waals surface area (Å²) in [6, 6.07) is 9.17. The molecule has 0 saturated carbocycles. The van der Waals surface area contributed by atoms with Crippen LogP contribution in [0, 0.1) is 13.8 Å². The number of carbonyl (C=O) groups is 1. The van der Waals surface area contributed by atoms with Crippen LogP contribution < -0.4 is 5.56 Å². The Morgan fingerprint density at radius 1 is 1.28 bits per heavy atom. The fraction of sp³-hybridized carbons (Fsp3) is 0.235. The molecule has 3 aromatic rings. The number of ketones is 1. The van der Waals surface area contributed by atoms with E-state index in [0.29, 0.717) is 21.1 Å². The molecule has 0 amide bonds. The van der Waals surface area contributed by atoms with E-state index in [4.69, 9.17) is 0 Å². The number of nitrogens with one attached hydrogen (secondary N) is 1. The van der Waals surface area contributed by atoms with Crippen LogP contribution in [0.5, 0.6) is 0 Å². The van der Waals surface area contributed by atoms with Crippen molar-refractivity contribution in [2.24, 2.45) is 10.2 Å². The van der Waals surface area contributed by atoms with Gasteiger partial charge in [-0.2, -0.15) is 10.2 Å². The first-order valence-corrected chi connectivity index (χ1v) is 9.28. The lowest BCUT2D eigenvalue weighted by molar-refractivity contribution is -0.116. The number of thiophene rings is 1. The van der Waals surface area contributed by atoms with E-state index >= 15 is 0 Å². The third-order valence-electron chi connectivity index (χ3n) is 3.62. The number of Topliss-reactive ketones (excluding diaryl/α,β-unsaturated/α-hetero) is 1. The van der Waals surface area contributed by atoms with E-state index in [9.17, 15) is 9.59 Å². The predicted molar refractivity (Wildman–Crippen MR) is 101 cm³/mol. The zero-order valence-electron chi connectivity index (χ0n) is 13.9. The second kappa shape index (κ2) is 7.28. The molecule has 2 heterocycles. The summed E-state index contributed by atoms with van der Waals surface area (Å²) in [5, 5.41) is 8.41. The third-order valence-corrected chi connectivity index (χ3v) is 5.79. The van der Waals surface area contributed by atoms with Crippen LogP contribution in [0.4, 0.5) is 5.69 Å². The Morgan fingerprint density at radius 2 is 2.00 bits per heavy atom. The lowest BCUT2D eigenvalue weighted by Crippen LogP contribution is -2.14. The van der Waals surface area contributed by atoms with Gasteiger partial charge >= 0.3 is 0 Å². The van der Waals surface area contributed by atoms with Crippen molar-refractivity contribution in [1.82, 2.24) is 9.97 Å². The largest absolute Gasteiger partial charge is 0.301 e. The number of hydrogen-bond acceptors (Lipinski definition) is 7. The molecule has 0 bridgehead atoms. The number of benzene rings is 1. The number of hydrogen-bond donors (Lipinski definition) is 1. The van der Waals surface area contributed by atoms with Gasteiger partial charge in [-0.05, 0) is 38.5 Å². The van der Waals surface area contributed by atoms with Crippen molar-refractivity contribution in [2.75, 3.05) is 0 Å². The van der Waals surface area contributed by atoms with E-state index in [1.54, 1.807) is 12.1 Å². The van der Waals surface area contributed by atoms with Crippen molar-refractivity contribution < 1.29 is 4.79 Å². The van der Waals surface area contributed by atoms with Crippen molar-refractivity contribution in [1.29, 1.82) is 0 Å². The van der Waals surface area contributed by atoms with Crippen LogP contribution in [-0.2, 0) is 4.79 Å². The summed E-state index contributed by atoms with van der Waals surface area (Å²) in [5.41, 5.74) is 1.41. The molecule has 128 valence electrons. The quantitative estimate of drug-likeness (QED) is 0.409. The minimum Gasteiger partial charge on any atom is -0.301 e. The number of nitrogens with zero attached hydrogens (tertiary/aromatic N) is 3. The summed E-state index contributed by atoms with van der Waals surface area (Å²) in [6.07, 6.45) is 0. The Labute approximate surface area is 152 Å². The first-order valence-electron chi connectivity index (χ1n) is 7.58. The Balaban J connectivity index is 1.90. The minimum absolute atomic E-state index is 0.161. The van der Waals surface area contributed by atoms with Gasteiger partial charge in [0.05, 0.1) is 11.1 Å². The molecule has 0 spiro atoms. The van der Waals surface area contributed by atoms with Gasteiger partial charge in [0.2, 0.25) is 0 Å². The number of aryl methyl sites for hydroxylation is 2. The number of fused-ring (bicyclic) bond motifs is 1. The van der Waals surface area contributed by atoms with Crippen molar-refractivity contribution >= 4 is 44.8 Å². The predicted octanol–water partition coefficient (Wildman–Crippen LogP) is 4.39. The SMILES string of the molecule is CC(=O)C(N=Nc1ccccc1)Sc1nc2sc(C)c(C)c2c(=O)[nH]1. The summed E-state index contributed by atoms with van der Waals surface area (Å²) in [4.78, 5) is 33.1. The first-order chi connectivity index (χ1) is 12.0. The number of carbonyl (C=O) groups excluding carboxylic acids is 1. The lowest BCUT2D eigenvalue weighted by atomic mass is 10.2. The van der Waals surface area contributed by atoms with Crippen molar-refractivity contribution in [3.8, 4) is 0 Å². The summed E-state index contributed by atoms with van der Waals surface area (Å²) in [7, 11) is 0. The average Bonchev–Trinajstić information content (AvgIpc) is 2.87. The smallest absolute Gasteiger partial charge is 0.260 e. The van der Waals surface area contributed by atoms with Crippen LogP contribution in [0.25, 0.3) is 10.2 Å². The summed E-state index contributed by atoms with van der Waals surface area (Å²) in [6.45, 7) is 5.31. The van der Waals surface area contributed by atoms with E-state index in [-0.39, 0.29) is 11.3 Å². The van der Waals surface area contributed by atoms with Crippen molar-refractivity contribution in [3.63, 3.8) is 0 Å². The van der Waals surface area contributed by atoms with Gasteiger partial charge in [-0.15, -0.1) is 11.3 Å². The summed E-state index contributed by atoms with van der Waals surface area (Å²) < 4.78 is 0. The van der Waals surface area contributed by atoms with Crippen LogP contribution in [0.3, 0.4) is 0 Å². The molecule has 1 atom stereocenters. The zero-order chi connectivity index (χ0) is 18.0. The molecular weight excluding hydrogens is 356 g/mol. The highest BCUT2D eigenvalue weighted by molar-refractivity contribution is 8.00. The fourth-order valence-electron chi connectivity index (χ4n) is 2.20. The number of H-pyrrole nitrogens is 1. The highest BCUT2D eigenvalue weighted by Crippen LogP contribution is 2.29. The Kier molecular flexibility index (Phi) is 5.10. The lowest BCUT2D eigenvalue weighted by Gasteiger charge is -2.06. The maximum Gasteiger partial charge on any atom is 0.260 e. The molecule has 0 aliphatic carbocycles. The molecule has 0 radical (unpaired) electrons. The highest BCUT2D eigenvalue weighted by atomic mass is 32.2. The molecule has 2 aromatic heterocycles. The van der Waals surface area contributed by atoms with E-state index < -0.39 is 5.37 Å². The van der Waals surface area contributed by atoms with Gasteiger partial charge in [-0.1, -0.05) is 30.0 Å². The van der Waals surface area contributed by atoms with Gasteiger partial charge < -0.3 is 4.98 Å². The van der Waals surface area contributed by atoms with Crippen LogP contribution in [0.2, 0.25) is 0 Å². The van der Waals surface area contributed by atoms with Crippen molar-refractivity contribution in [3.05, 3.63) is 51.1 Å². The third kappa shape index (κ3) is 3.85. The summed E-state index contributed by atoms with van der Waals surface area (Å²) >= 11 is 2.56. The van der Waals surface area contributed by atoms with E-state index in [0.717, 1.165) is 22.2 Å². The standard InChI is InChI=1S/C17H16N4O2S2/c1-9-11(3)24-16-13(9)14(23)18-17(19-16)25-15(10(2)22)21-20-12-7-5-4-6-8-12/h4-8,15H,1-3H3,(H,18,19,23). The first kappa shape index (κ1) is 17.5. The Bertz CT molecular complexity index is 1010. The van der Waals surface area contributed by atoms with Crippen LogP contribution >= 0.6 is 23.1 Å². The Hall–Kier alpha value is -2.32. The van der Waals surface area contributed by atoms with Gasteiger partial charge in [0.15, 0.2) is 16.3 Å². The second-order valence-corrected chi connectivity index (χ2v) is 7.74. The zero-order valence-corrected chi connectivity index (χ0v) is 15.6. The number of aromatic nitrogens is 2.